The fourth-order valence-corrected chi connectivity index (χ4v) is 1.39. The Morgan fingerprint density at radius 3 is 2.22 bits per heavy atom. The maximum absolute atomic E-state index is 11.1. The molecule has 0 aliphatic rings. The predicted molar refractivity (Wildman–Crippen MR) is 62.5 cm³/mol. The average Bonchev–Trinajstić information content (AvgIpc) is 2.22. The number of aliphatic hydroxyl groups is 1. The lowest BCUT2D eigenvalue weighted by Gasteiger charge is -2.09. The average molecular weight is 283 g/mol. The van der Waals surface area contributed by atoms with Crippen LogP contribution in [0.25, 0.3) is 0 Å². The molecule has 10 heteroatoms. The second-order valence-electron chi connectivity index (χ2n) is 3.49. The number of sulfonamides is 1. The van der Waals surface area contributed by atoms with E-state index < -0.39 is 28.1 Å². The molecule has 0 aromatic heterocycles. The summed E-state index contributed by atoms with van der Waals surface area (Å²) in [6.45, 7) is 0.156. The molecule has 0 aromatic carbocycles. The van der Waals surface area contributed by atoms with E-state index in [0.717, 1.165) is 6.26 Å². The summed E-state index contributed by atoms with van der Waals surface area (Å²) in [4.78, 5) is 21.3. The van der Waals surface area contributed by atoms with Gasteiger partial charge in [-0.25, -0.2) is 22.7 Å². The van der Waals surface area contributed by atoms with Gasteiger partial charge >= 0.3 is 12.0 Å². The molecule has 1 unspecified atom stereocenters. The Morgan fingerprint density at radius 1 is 1.17 bits per heavy atom. The first-order valence-electron chi connectivity index (χ1n) is 5.09. The number of rotatable bonds is 8. The quantitative estimate of drug-likeness (QED) is 0.316. The summed E-state index contributed by atoms with van der Waals surface area (Å²) in [6.07, 6.45) is -0.623. The number of carbonyl (C=O) groups is 2. The highest BCUT2D eigenvalue weighted by Crippen LogP contribution is 1.88. The predicted octanol–water partition coefficient (Wildman–Crippen LogP) is -2.33. The van der Waals surface area contributed by atoms with Crippen molar-refractivity contribution in [2.75, 3.05) is 25.9 Å². The molecule has 2 amide bonds. The molecule has 0 spiro atoms. The number of aliphatic hydroxyl groups excluding tert-OH is 1. The van der Waals surface area contributed by atoms with E-state index in [-0.39, 0.29) is 26.1 Å². The topological polar surface area (TPSA) is 145 Å². The van der Waals surface area contributed by atoms with Gasteiger partial charge in [0.15, 0.2) is 6.10 Å². The van der Waals surface area contributed by atoms with Crippen molar-refractivity contribution >= 4 is 22.0 Å². The monoisotopic (exact) mass is 283 g/mol. The summed E-state index contributed by atoms with van der Waals surface area (Å²) in [5.74, 6) is -1.35. The number of carboxylic acids is 1. The lowest BCUT2D eigenvalue weighted by Crippen LogP contribution is -2.41. The number of carbonyl (C=O) groups excluding carboxylic acids is 1. The van der Waals surface area contributed by atoms with Gasteiger partial charge in [-0.05, 0) is 0 Å². The van der Waals surface area contributed by atoms with Crippen LogP contribution in [0.15, 0.2) is 0 Å². The molecule has 0 aliphatic carbocycles. The zero-order valence-electron chi connectivity index (χ0n) is 9.84. The highest BCUT2D eigenvalue weighted by Gasteiger charge is 2.12. The molecule has 0 aromatic rings. The molecule has 5 N–H and O–H groups in total. The summed E-state index contributed by atoms with van der Waals surface area (Å²) in [5, 5.41) is 21.9. The fraction of sp³-hybridized carbons (Fsp3) is 0.750. The van der Waals surface area contributed by atoms with E-state index in [9.17, 15) is 18.0 Å². The smallest absolute Gasteiger partial charge is 0.332 e. The minimum atomic E-state index is -3.28. The Morgan fingerprint density at radius 2 is 1.72 bits per heavy atom. The van der Waals surface area contributed by atoms with Crippen molar-refractivity contribution in [1.29, 1.82) is 0 Å². The first kappa shape index (κ1) is 16.6. The van der Waals surface area contributed by atoms with Gasteiger partial charge in [-0.15, -0.1) is 0 Å². The Kier molecular flexibility index (Phi) is 7.24. The molecule has 0 saturated heterocycles. The number of urea groups is 1. The van der Waals surface area contributed by atoms with Crippen LogP contribution in [0.2, 0.25) is 0 Å². The van der Waals surface area contributed by atoms with Crippen LogP contribution in [0.3, 0.4) is 0 Å². The van der Waals surface area contributed by atoms with E-state index in [1.54, 1.807) is 0 Å². The highest BCUT2D eigenvalue weighted by molar-refractivity contribution is 7.88. The maximum atomic E-state index is 11.1. The molecule has 0 saturated carbocycles. The normalized spacial score (nSPS) is 12.8. The van der Waals surface area contributed by atoms with Crippen LogP contribution in [0.1, 0.15) is 6.42 Å². The molecular weight excluding hydrogens is 266 g/mol. The summed E-state index contributed by atoms with van der Waals surface area (Å²) < 4.78 is 23.5. The van der Waals surface area contributed by atoms with Crippen molar-refractivity contribution in [1.82, 2.24) is 15.4 Å². The highest BCUT2D eigenvalue weighted by atomic mass is 32.2. The number of nitrogens with one attached hydrogen (secondary N) is 3. The summed E-state index contributed by atoms with van der Waals surface area (Å²) in [5.41, 5.74) is 0. The van der Waals surface area contributed by atoms with E-state index in [1.807, 2.05) is 0 Å². The van der Waals surface area contributed by atoms with Crippen molar-refractivity contribution < 1.29 is 28.2 Å². The number of aliphatic carboxylic acids is 1. The Labute approximate surface area is 105 Å². The first-order chi connectivity index (χ1) is 8.22. The molecule has 0 aliphatic heterocycles. The molecule has 0 fully saturated rings. The van der Waals surface area contributed by atoms with Crippen LogP contribution in [-0.4, -0.2) is 62.6 Å². The summed E-state index contributed by atoms with van der Waals surface area (Å²) >= 11 is 0. The number of hydrogen-bond acceptors (Lipinski definition) is 5. The molecule has 18 heavy (non-hydrogen) atoms. The van der Waals surface area contributed by atoms with Gasteiger partial charge in [0.25, 0.3) is 0 Å². The van der Waals surface area contributed by atoms with E-state index in [0.29, 0.717) is 0 Å². The van der Waals surface area contributed by atoms with E-state index in [1.165, 1.54) is 0 Å². The van der Waals surface area contributed by atoms with E-state index >= 15 is 0 Å². The van der Waals surface area contributed by atoms with Crippen LogP contribution < -0.4 is 15.4 Å². The lowest BCUT2D eigenvalue weighted by atomic mass is 10.2. The molecule has 0 bridgehead atoms. The van der Waals surface area contributed by atoms with Crippen LogP contribution in [0.4, 0.5) is 4.79 Å². The van der Waals surface area contributed by atoms with Crippen LogP contribution >= 0.6 is 0 Å². The first-order valence-corrected chi connectivity index (χ1v) is 6.98. The van der Waals surface area contributed by atoms with Crippen LogP contribution in [-0.2, 0) is 14.8 Å². The third-order valence-electron chi connectivity index (χ3n) is 1.76. The van der Waals surface area contributed by atoms with Gasteiger partial charge in [-0.2, -0.15) is 0 Å². The fourth-order valence-electron chi connectivity index (χ4n) is 0.921. The molecule has 106 valence electrons. The standard InChI is InChI=1S/C8H17N3O6S/c1-18(16,17)11-5-4-10-8(15)9-3-2-6(12)7(13)14/h6,11-12H,2-5H2,1H3,(H,13,14)(H2,9,10,15). The molecule has 0 rings (SSSR count). The largest absolute Gasteiger partial charge is 0.479 e. The Bertz CT molecular complexity index is 382. The minimum Gasteiger partial charge on any atom is -0.479 e. The molecule has 1 atom stereocenters. The van der Waals surface area contributed by atoms with Crippen molar-refractivity contribution in [3.8, 4) is 0 Å². The van der Waals surface area contributed by atoms with E-state index in [2.05, 4.69) is 15.4 Å². The Hall–Kier alpha value is -1.39. The van der Waals surface area contributed by atoms with Crippen molar-refractivity contribution in [3.63, 3.8) is 0 Å². The zero-order chi connectivity index (χ0) is 14.2. The summed E-state index contributed by atoms with van der Waals surface area (Å²) in [6, 6.07) is -0.567. The van der Waals surface area contributed by atoms with Gasteiger partial charge in [0.05, 0.1) is 6.26 Å². The van der Waals surface area contributed by atoms with E-state index in [4.69, 9.17) is 10.2 Å². The minimum absolute atomic E-state index is 0.00119. The van der Waals surface area contributed by atoms with Gasteiger partial charge in [-0.1, -0.05) is 0 Å². The van der Waals surface area contributed by atoms with Crippen molar-refractivity contribution in [3.05, 3.63) is 0 Å². The molecular formula is C8H17N3O6S. The third kappa shape index (κ3) is 9.81. The van der Waals surface area contributed by atoms with Crippen molar-refractivity contribution in [2.45, 2.75) is 12.5 Å². The van der Waals surface area contributed by atoms with Gasteiger partial charge in [-0.3, -0.25) is 0 Å². The van der Waals surface area contributed by atoms with Gasteiger partial charge in [0.2, 0.25) is 10.0 Å². The summed E-state index contributed by atoms with van der Waals surface area (Å²) in [7, 11) is -3.28. The van der Waals surface area contributed by atoms with Gasteiger partial charge in [0.1, 0.15) is 0 Å². The Balaban J connectivity index is 3.58. The second kappa shape index (κ2) is 7.84. The number of carboxylic acid groups (broad SMARTS) is 1. The second-order valence-corrected chi connectivity index (χ2v) is 5.32. The number of amides is 2. The third-order valence-corrected chi connectivity index (χ3v) is 2.49. The zero-order valence-corrected chi connectivity index (χ0v) is 10.7. The molecule has 0 radical (unpaired) electrons. The molecule has 0 heterocycles. The van der Waals surface area contributed by atoms with Crippen LogP contribution in [0.5, 0.6) is 0 Å². The molecule has 9 nitrogen and oxygen atoms in total. The SMILES string of the molecule is CS(=O)(=O)NCCNC(=O)NCCC(O)C(=O)O. The van der Waals surface area contributed by atoms with Gasteiger partial charge in [0, 0.05) is 26.1 Å². The maximum Gasteiger partial charge on any atom is 0.332 e. The van der Waals surface area contributed by atoms with Crippen molar-refractivity contribution in [2.24, 2.45) is 0 Å². The lowest BCUT2D eigenvalue weighted by molar-refractivity contribution is -0.146. The van der Waals surface area contributed by atoms with Crippen LogP contribution in [0, 0.1) is 0 Å². The van der Waals surface area contributed by atoms with Gasteiger partial charge < -0.3 is 20.8 Å². The number of hydrogen-bond donors (Lipinski definition) is 5.